The van der Waals surface area contributed by atoms with Gasteiger partial charge >= 0.3 is 6.09 Å². The summed E-state index contributed by atoms with van der Waals surface area (Å²) in [6.07, 6.45) is 7.69. The van der Waals surface area contributed by atoms with Crippen LogP contribution < -0.4 is 30.9 Å². The van der Waals surface area contributed by atoms with Gasteiger partial charge < -0.3 is 40.5 Å². The van der Waals surface area contributed by atoms with Crippen molar-refractivity contribution in [1.29, 1.82) is 0 Å². The molecule has 25 nitrogen and oxygen atoms in total. The predicted octanol–water partition coefficient (Wildman–Crippen LogP) is 6.43. The maximum atomic E-state index is 15.2. The van der Waals surface area contributed by atoms with E-state index in [1.807, 2.05) is 56.0 Å². The highest BCUT2D eigenvalue weighted by molar-refractivity contribution is 7.92. The largest absolute Gasteiger partial charge is 0.491 e. The molecule has 4 atom stereocenters. The number of piperazine rings is 1. The van der Waals surface area contributed by atoms with Crippen molar-refractivity contribution in [3.63, 3.8) is 0 Å². The highest BCUT2D eigenvalue weighted by Crippen LogP contribution is 2.38. The van der Waals surface area contributed by atoms with E-state index >= 15 is 4.79 Å². The van der Waals surface area contributed by atoms with Crippen LogP contribution in [0.2, 0.25) is 0 Å². The van der Waals surface area contributed by atoms with Gasteiger partial charge in [-0.1, -0.05) is 37.5 Å². The number of nitrogens with zero attached hydrogens (tertiary/aromatic N) is 11. The number of hydrogen-bond donors (Lipinski definition) is 5. The molecule has 86 heavy (non-hydrogen) atoms. The molecular weight excluding hydrogens is 1120 g/mol. The highest BCUT2D eigenvalue weighted by atomic mass is 32.2. The third-order valence-electron chi connectivity index (χ3n) is 16.1. The zero-order valence-electron chi connectivity index (χ0n) is 50.9. The third-order valence-corrected chi connectivity index (χ3v) is 18.7. The van der Waals surface area contributed by atoms with Gasteiger partial charge in [0.25, 0.3) is 5.91 Å². The zero-order valence-corrected chi connectivity index (χ0v) is 51.7. The molecule has 1 saturated carbocycles. The molecule has 0 radical (unpaired) electrons. The number of aryl methyl sites for hydroxylation is 2. The SMILES string of the molecule is Cc1cc(NC(=O)[C@@H]2C[C@H](NC(=O)c3cnc(N4CCN(CCOc5cc6ncnc(Nc7n[nH]c(C)c7C)c6cc5S(=O)(=O)C(C)(C)C)CC4)nc3)CN2C(=O)[C@@H](NC(=O)[C@H](C)N(C)C(=O)OC(C)(C)C)C2CCCCC2)n(-c2ccccc2)n1. The van der Waals surface area contributed by atoms with E-state index in [4.69, 9.17) is 9.47 Å². The van der Waals surface area contributed by atoms with Crippen LogP contribution in [0.5, 0.6) is 5.75 Å². The molecule has 9 rings (SSSR count). The van der Waals surface area contributed by atoms with Crippen LogP contribution in [-0.4, -0.2) is 180 Å². The Balaban J connectivity index is 0.856. The maximum Gasteiger partial charge on any atom is 0.410 e. The van der Waals surface area contributed by atoms with E-state index < -0.39 is 74.1 Å². The lowest BCUT2D eigenvalue weighted by Gasteiger charge is -2.36. The van der Waals surface area contributed by atoms with Crippen LogP contribution >= 0.6 is 0 Å². The molecule has 2 saturated heterocycles. The van der Waals surface area contributed by atoms with Gasteiger partial charge in [-0.15, -0.1) is 0 Å². The number of carbonyl (C=O) groups excluding carboxylic acids is 5. The first-order valence-corrected chi connectivity index (χ1v) is 30.8. The number of nitrogens with one attached hydrogen (secondary N) is 5. The highest BCUT2D eigenvalue weighted by Gasteiger charge is 2.46. The molecule has 460 valence electrons. The topological polar surface area (TPSA) is 297 Å². The van der Waals surface area contributed by atoms with E-state index in [9.17, 15) is 27.6 Å². The number of para-hydroxylation sites is 1. The van der Waals surface area contributed by atoms with Gasteiger partial charge in [0.2, 0.25) is 23.7 Å². The molecule has 1 aliphatic carbocycles. The summed E-state index contributed by atoms with van der Waals surface area (Å²) in [6.45, 7) is 20.4. The molecule has 5 N–H and O–H groups in total. The van der Waals surface area contributed by atoms with Gasteiger partial charge in [-0.25, -0.2) is 37.8 Å². The third kappa shape index (κ3) is 14.2. The van der Waals surface area contributed by atoms with E-state index in [1.54, 1.807) is 71.3 Å². The molecule has 5 amide bonds. The lowest BCUT2D eigenvalue weighted by Crippen LogP contribution is -2.58. The monoisotopic (exact) mass is 1200 g/mol. The first kappa shape index (κ1) is 62.3. The second-order valence-corrected chi connectivity index (χ2v) is 27.2. The molecule has 2 aromatic carbocycles. The number of aromatic amines is 1. The lowest BCUT2D eigenvalue weighted by molar-refractivity contribution is -0.142. The fraction of sp³-hybridized carbons (Fsp3) is 0.517. The molecule has 6 heterocycles. The molecular formula is C60H80N16O9S. The summed E-state index contributed by atoms with van der Waals surface area (Å²) >= 11 is 0. The molecule has 2 aliphatic heterocycles. The van der Waals surface area contributed by atoms with Crippen LogP contribution in [0.25, 0.3) is 16.6 Å². The number of likely N-dealkylation sites (N-methyl/N-ethyl adjacent to an activating group) is 1. The fourth-order valence-corrected chi connectivity index (χ4v) is 12.1. The Morgan fingerprint density at radius 3 is 2.22 bits per heavy atom. The molecule has 0 unspecified atom stereocenters. The van der Waals surface area contributed by atoms with Crippen molar-refractivity contribution in [2.45, 2.75) is 147 Å². The van der Waals surface area contributed by atoms with Crippen molar-refractivity contribution in [3.05, 3.63) is 89.8 Å². The molecule has 26 heteroatoms. The first-order chi connectivity index (χ1) is 40.8. The number of ether oxygens (including phenoxy) is 2. The number of aromatic nitrogens is 8. The Morgan fingerprint density at radius 1 is 0.872 bits per heavy atom. The molecule has 3 fully saturated rings. The number of fused-ring (bicyclic) bond motifs is 1. The Kier molecular flexibility index (Phi) is 18.6. The van der Waals surface area contributed by atoms with E-state index in [1.165, 1.54) is 35.6 Å². The Bertz CT molecular complexity index is 3550. The molecule has 6 aromatic rings. The van der Waals surface area contributed by atoms with E-state index in [-0.39, 0.29) is 41.7 Å². The minimum atomic E-state index is -3.89. The van der Waals surface area contributed by atoms with Crippen LogP contribution in [0.1, 0.15) is 114 Å². The van der Waals surface area contributed by atoms with Crippen LogP contribution in [0, 0.1) is 26.7 Å². The van der Waals surface area contributed by atoms with E-state index in [2.05, 4.69) is 61.4 Å². The van der Waals surface area contributed by atoms with Crippen molar-refractivity contribution >= 4 is 73.9 Å². The van der Waals surface area contributed by atoms with Gasteiger partial charge in [-0.2, -0.15) is 10.2 Å². The van der Waals surface area contributed by atoms with E-state index in [0.29, 0.717) is 91.3 Å². The number of rotatable bonds is 18. The molecule has 0 spiro atoms. The fourth-order valence-electron chi connectivity index (χ4n) is 10.8. The number of anilines is 4. The van der Waals surface area contributed by atoms with Crippen LogP contribution in [-0.2, 0) is 29.0 Å². The molecule has 0 bridgehead atoms. The summed E-state index contributed by atoms with van der Waals surface area (Å²) in [4.78, 5) is 96.0. The summed E-state index contributed by atoms with van der Waals surface area (Å²) in [5.74, 6) is -0.269. The van der Waals surface area contributed by atoms with Crippen molar-refractivity contribution in [3.8, 4) is 11.4 Å². The van der Waals surface area contributed by atoms with Gasteiger partial charge in [-0.3, -0.25) is 34.1 Å². The van der Waals surface area contributed by atoms with Crippen molar-refractivity contribution in [2.24, 2.45) is 5.92 Å². The molecule has 3 aliphatic rings. The van der Waals surface area contributed by atoms with Gasteiger partial charge in [0.05, 0.1) is 27.2 Å². The van der Waals surface area contributed by atoms with Crippen molar-refractivity contribution in [2.75, 3.05) is 68.5 Å². The van der Waals surface area contributed by atoms with Gasteiger partial charge in [0, 0.05) is 93.5 Å². The Morgan fingerprint density at radius 2 is 1.57 bits per heavy atom. The molecule has 4 aromatic heterocycles. The Labute approximate surface area is 501 Å². The number of benzene rings is 2. The quantitative estimate of drug-likeness (QED) is 0.0619. The minimum Gasteiger partial charge on any atom is -0.491 e. The van der Waals surface area contributed by atoms with Crippen molar-refractivity contribution < 1.29 is 41.9 Å². The second kappa shape index (κ2) is 25.8. The maximum absolute atomic E-state index is 15.2. The van der Waals surface area contributed by atoms with Crippen LogP contribution in [0.3, 0.4) is 0 Å². The zero-order chi connectivity index (χ0) is 61.8. The van der Waals surface area contributed by atoms with Gasteiger partial charge in [0.1, 0.15) is 58.9 Å². The first-order valence-electron chi connectivity index (χ1n) is 29.3. The lowest BCUT2D eigenvalue weighted by atomic mass is 9.83. The van der Waals surface area contributed by atoms with Gasteiger partial charge in [-0.05, 0) is 113 Å². The standard InChI is InChI=1S/C60H80N16O9S/c1-36-28-49(76(71-36)43-20-16-13-17-21-43)66-55(79)46-29-42(34-75(46)56(80)50(40-18-14-12-15-19-40)67-53(77)39(4)72(11)58(81)85-59(5,6)7)65-54(78)41-32-61-57(62-33-41)74-24-22-73(23-25-74)26-27-84-47-31-45-44(30-48(47)86(82,83)60(8,9)10)52(64-35-63-45)68-51-37(2)38(3)69-70-51/h13,16-17,20-21,28,30-33,35,39-40,42,46,50H,12,14-15,18-19,22-27,29,34H2,1-11H3,(H,65,78)(H,66,79)(H,67,77)(H2,63,64,68,69,70)/t39-,42-,46-,50-/m0/s1. The van der Waals surface area contributed by atoms with Gasteiger partial charge in [0.15, 0.2) is 15.7 Å². The smallest absolute Gasteiger partial charge is 0.410 e. The number of likely N-dealkylation sites (tertiary alicyclic amines) is 1. The van der Waals surface area contributed by atoms with Crippen LogP contribution in [0.4, 0.5) is 28.2 Å². The number of hydrogen-bond acceptors (Lipinski definition) is 18. The summed E-state index contributed by atoms with van der Waals surface area (Å²) < 4.78 is 40.5. The summed E-state index contributed by atoms with van der Waals surface area (Å²) in [5.41, 5.74) is 3.03. The number of carbonyl (C=O) groups is 5. The van der Waals surface area contributed by atoms with Crippen LogP contribution in [0.15, 0.2) is 72.1 Å². The second-order valence-electron chi connectivity index (χ2n) is 24.5. The van der Waals surface area contributed by atoms with Crippen molar-refractivity contribution in [1.82, 2.24) is 65.2 Å². The summed E-state index contributed by atoms with van der Waals surface area (Å²) in [5, 5.41) is 24.7. The normalized spacial score (nSPS) is 17.8. The number of H-pyrrole nitrogens is 1. The Hall–Kier alpha value is -8.26. The van der Waals surface area contributed by atoms with E-state index in [0.717, 1.165) is 30.5 Å². The average molecular weight is 1200 g/mol. The predicted molar refractivity (Wildman–Crippen MR) is 324 cm³/mol. The summed E-state index contributed by atoms with van der Waals surface area (Å²) in [6, 6.07) is 10.5. The summed E-state index contributed by atoms with van der Waals surface area (Å²) in [7, 11) is -2.42. The number of amides is 5. The number of sulfone groups is 1. The minimum absolute atomic E-state index is 0.0369. The average Bonchev–Trinajstić information content (AvgIpc) is 2.05.